The Bertz CT molecular complexity index is 1240. The first-order valence-corrected chi connectivity index (χ1v) is 12.4. The summed E-state index contributed by atoms with van der Waals surface area (Å²) in [6, 6.07) is 21.2. The van der Waals surface area contributed by atoms with Crippen molar-refractivity contribution in [2.24, 2.45) is 0 Å². The predicted octanol–water partition coefficient (Wildman–Crippen LogP) is 7.67. The number of carbonyl (C=O) groups is 1. The number of aromatic nitrogens is 1. The Labute approximate surface area is 203 Å². The van der Waals surface area contributed by atoms with Gasteiger partial charge in [0.1, 0.15) is 5.75 Å². The first-order chi connectivity index (χ1) is 16.1. The molecular formula is C27H27ClN2O2S. The number of unbranched alkanes of at least 4 members (excludes halogenated alkanes) is 2. The Morgan fingerprint density at radius 3 is 2.67 bits per heavy atom. The average Bonchev–Trinajstić information content (AvgIpc) is 3.28. The quantitative estimate of drug-likeness (QED) is 0.232. The molecule has 0 aliphatic heterocycles. The topological polar surface area (TPSA) is 42.4 Å². The molecule has 0 spiro atoms. The SMILES string of the molecule is CCCCCOc1cccc(C(=O)N(Cc2ccccc2)c2nc3c(C)c(Cl)ccc3s2)c1. The lowest BCUT2D eigenvalue weighted by atomic mass is 10.1. The van der Waals surface area contributed by atoms with E-state index >= 15 is 0 Å². The van der Waals surface area contributed by atoms with Crippen LogP contribution < -0.4 is 9.64 Å². The zero-order valence-corrected chi connectivity index (χ0v) is 20.5. The van der Waals surface area contributed by atoms with E-state index in [1.54, 1.807) is 4.90 Å². The zero-order chi connectivity index (χ0) is 23.2. The number of hydrogen-bond acceptors (Lipinski definition) is 4. The van der Waals surface area contributed by atoms with Gasteiger partial charge >= 0.3 is 0 Å². The second-order valence-electron chi connectivity index (χ2n) is 7.98. The lowest BCUT2D eigenvalue weighted by Crippen LogP contribution is -2.30. The van der Waals surface area contributed by atoms with Crippen molar-refractivity contribution in [2.75, 3.05) is 11.5 Å². The fourth-order valence-electron chi connectivity index (χ4n) is 3.61. The number of rotatable bonds is 9. The smallest absolute Gasteiger partial charge is 0.260 e. The Morgan fingerprint density at radius 2 is 1.88 bits per heavy atom. The Morgan fingerprint density at radius 1 is 1.06 bits per heavy atom. The number of halogens is 1. The van der Waals surface area contributed by atoms with Crippen LogP contribution in [0, 0.1) is 6.92 Å². The van der Waals surface area contributed by atoms with E-state index in [1.165, 1.54) is 11.3 Å². The summed E-state index contributed by atoms with van der Waals surface area (Å²) in [5.74, 6) is 0.601. The van der Waals surface area contributed by atoms with Gasteiger partial charge in [-0.3, -0.25) is 9.69 Å². The highest BCUT2D eigenvalue weighted by atomic mass is 35.5. The molecule has 0 saturated carbocycles. The summed E-state index contributed by atoms with van der Waals surface area (Å²) in [5.41, 5.74) is 3.37. The third-order valence-corrected chi connectivity index (χ3v) is 6.95. The maximum Gasteiger partial charge on any atom is 0.260 e. The molecule has 0 N–H and O–H groups in total. The zero-order valence-electron chi connectivity index (χ0n) is 18.9. The molecule has 0 fully saturated rings. The molecule has 4 rings (SSSR count). The van der Waals surface area contributed by atoms with E-state index < -0.39 is 0 Å². The van der Waals surface area contributed by atoms with Gasteiger partial charge in [-0.05, 0) is 54.8 Å². The fourth-order valence-corrected chi connectivity index (χ4v) is 4.79. The van der Waals surface area contributed by atoms with Crippen molar-refractivity contribution >= 4 is 44.2 Å². The molecule has 1 heterocycles. The van der Waals surface area contributed by atoms with Crippen LogP contribution >= 0.6 is 22.9 Å². The molecule has 0 saturated heterocycles. The summed E-state index contributed by atoms with van der Waals surface area (Å²) < 4.78 is 6.89. The molecule has 170 valence electrons. The van der Waals surface area contributed by atoms with Gasteiger partial charge in [0.25, 0.3) is 5.91 Å². The number of fused-ring (bicyclic) bond motifs is 1. The molecule has 0 aliphatic carbocycles. The molecule has 0 bridgehead atoms. The largest absolute Gasteiger partial charge is 0.494 e. The van der Waals surface area contributed by atoms with Crippen molar-refractivity contribution in [3.8, 4) is 5.75 Å². The lowest BCUT2D eigenvalue weighted by Gasteiger charge is -2.20. The predicted molar refractivity (Wildman–Crippen MR) is 138 cm³/mol. The number of ether oxygens (including phenoxy) is 1. The molecule has 0 unspecified atom stereocenters. The maximum absolute atomic E-state index is 13.7. The molecule has 33 heavy (non-hydrogen) atoms. The van der Waals surface area contributed by atoms with Crippen LogP contribution in [0.3, 0.4) is 0 Å². The minimum Gasteiger partial charge on any atom is -0.494 e. The highest BCUT2D eigenvalue weighted by Crippen LogP contribution is 2.35. The fraction of sp³-hybridized carbons (Fsp3) is 0.259. The van der Waals surface area contributed by atoms with Gasteiger partial charge in [-0.2, -0.15) is 0 Å². The molecule has 0 radical (unpaired) electrons. The van der Waals surface area contributed by atoms with Crippen LogP contribution in [0.1, 0.15) is 47.7 Å². The number of thiazole rings is 1. The minimum atomic E-state index is -0.110. The van der Waals surface area contributed by atoms with Crippen molar-refractivity contribution in [3.63, 3.8) is 0 Å². The molecular weight excluding hydrogens is 452 g/mol. The van der Waals surface area contributed by atoms with Gasteiger partial charge < -0.3 is 4.74 Å². The summed E-state index contributed by atoms with van der Waals surface area (Å²) >= 11 is 7.81. The summed E-state index contributed by atoms with van der Waals surface area (Å²) in [5, 5.41) is 1.33. The highest BCUT2D eigenvalue weighted by molar-refractivity contribution is 7.22. The molecule has 6 heteroatoms. The van der Waals surface area contributed by atoms with Crippen LogP contribution in [0.4, 0.5) is 5.13 Å². The monoisotopic (exact) mass is 478 g/mol. The van der Waals surface area contributed by atoms with Gasteiger partial charge in [0.2, 0.25) is 0 Å². The van der Waals surface area contributed by atoms with Crippen molar-refractivity contribution < 1.29 is 9.53 Å². The summed E-state index contributed by atoms with van der Waals surface area (Å²) in [6.07, 6.45) is 3.27. The highest BCUT2D eigenvalue weighted by Gasteiger charge is 2.23. The molecule has 3 aromatic carbocycles. The van der Waals surface area contributed by atoms with Crippen LogP contribution in [0.25, 0.3) is 10.2 Å². The van der Waals surface area contributed by atoms with E-state index in [1.807, 2.05) is 73.7 Å². The second-order valence-corrected chi connectivity index (χ2v) is 9.39. The van der Waals surface area contributed by atoms with Crippen LogP contribution in [-0.4, -0.2) is 17.5 Å². The van der Waals surface area contributed by atoms with Crippen molar-refractivity contribution in [2.45, 2.75) is 39.7 Å². The number of carbonyl (C=O) groups excluding carboxylic acids is 1. The van der Waals surface area contributed by atoms with Crippen molar-refractivity contribution in [1.29, 1.82) is 0 Å². The van der Waals surface area contributed by atoms with Gasteiger partial charge in [0.15, 0.2) is 5.13 Å². The third-order valence-electron chi connectivity index (χ3n) is 5.49. The van der Waals surface area contributed by atoms with E-state index in [9.17, 15) is 4.79 Å². The van der Waals surface area contributed by atoms with E-state index in [0.29, 0.717) is 34.6 Å². The van der Waals surface area contributed by atoms with E-state index in [2.05, 4.69) is 6.92 Å². The third kappa shape index (κ3) is 5.55. The van der Waals surface area contributed by atoms with E-state index in [4.69, 9.17) is 21.3 Å². The minimum absolute atomic E-state index is 0.110. The molecule has 1 amide bonds. The summed E-state index contributed by atoms with van der Waals surface area (Å²) in [6.45, 7) is 5.19. The summed E-state index contributed by atoms with van der Waals surface area (Å²) in [4.78, 5) is 20.3. The van der Waals surface area contributed by atoms with E-state index in [0.717, 1.165) is 40.6 Å². The molecule has 1 aromatic heterocycles. The Balaban J connectivity index is 1.67. The number of nitrogens with zero attached hydrogens (tertiary/aromatic N) is 2. The standard InChI is InChI=1S/C27H27ClN2O2S/c1-3-4-8-16-32-22-13-9-12-21(17-22)26(31)30(18-20-10-6-5-7-11-20)27-29-25-19(2)23(28)14-15-24(25)33-27/h5-7,9-15,17H,3-4,8,16,18H2,1-2H3. The molecule has 0 aliphatic rings. The maximum atomic E-state index is 13.7. The Hall–Kier alpha value is -2.89. The van der Waals surface area contributed by atoms with Gasteiger partial charge in [-0.25, -0.2) is 4.98 Å². The van der Waals surface area contributed by atoms with Gasteiger partial charge in [0, 0.05) is 10.6 Å². The van der Waals surface area contributed by atoms with Crippen LogP contribution in [0.15, 0.2) is 66.7 Å². The van der Waals surface area contributed by atoms with E-state index in [-0.39, 0.29) is 5.91 Å². The Kier molecular flexibility index (Phi) is 7.63. The first kappa shape index (κ1) is 23.3. The molecule has 4 nitrogen and oxygen atoms in total. The lowest BCUT2D eigenvalue weighted by molar-refractivity contribution is 0.0984. The van der Waals surface area contributed by atoms with Crippen LogP contribution in [-0.2, 0) is 6.54 Å². The molecule has 0 atom stereocenters. The number of benzene rings is 3. The van der Waals surface area contributed by atoms with Crippen LogP contribution in [0.5, 0.6) is 5.75 Å². The van der Waals surface area contributed by atoms with Gasteiger partial charge in [-0.15, -0.1) is 0 Å². The second kappa shape index (κ2) is 10.8. The number of anilines is 1. The van der Waals surface area contributed by atoms with Crippen molar-refractivity contribution in [3.05, 3.63) is 88.4 Å². The summed E-state index contributed by atoms with van der Waals surface area (Å²) in [7, 11) is 0. The number of hydrogen-bond donors (Lipinski definition) is 0. The van der Waals surface area contributed by atoms with Crippen LogP contribution in [0.2, 0.25) is 5.02 Å². The average molecular weight is 479 g/mol. The molecule has 4 aromatic rings. The first-order valence-electron chi connectivity index (χ1n) is 11.2. The van der Waals surface area contributed by atoms with Gasteiger partial charge in [0.05, 0.1) is 23.4 Å². The van der Waals surface area contributed by atoms with Crippen molar-refractivity contribution in [1.82, 2.24) is 4.98 Å². The number of aryl methyl sites for hydroxylation is 1. The van der Waals surface area contributed by atoms with Gasteiger partial charge in [-0.1, -0.05) is 79.1 Å². The number of amides is 1. The normalized spacial score (nSPS) is 11.0.